The van der Waals surface area contributed by atoms with E-state index in [4.69, 9.17) is 18.2 Å². The highest BCUT2D eigenvalue weighted by Gasteiger charge is 2.60. The van der Waals surface area contributed by atoms with Crippen LogP contribution in [0.1, 0.15) is 24.0 Å². The number of phenols is 1. The van der Waals surface area contributed by atoms with Gasteiger partial charge in [0.05, 0.1) is 5.56 Å². The lowest BCUT2D eigenvalue weighted by molar-refractivity contribution is -0.147. The van der Waals surface area contributed by atoms with Crippen molar-refractivity contribution in [1.29, 1.82) is 0 Å². The van der Waals surface area contributed by atoms with Gasteiger partial charge in [-0.3, -0.25) is 14.4 Å². The zero-order valence-electron chi connectivity index (χ0n) is 17.2. The van der Waals surface area contributed by atoms with Gasteiger partial charge in [0.15, 0.2) is 17.1 Å². The van der Waals surface area contributed by atoms with Crippen LogP contribution in [0.15, 0.2) is 27.3 Å². The molecule has 1 aromatic carbocycles. The molecule has 0 heterocycles. The number of fused-ring (bicyclic) bond motifs is 3. The maximum absolute atomic E-state index is 13.4. The van der Waals surface area contributed by atoms with E-state index in [1.807, 2.05) is 0 Å². The van der Waals surface area contributed by atoms with Crippen LogP contribution in [0.2, 0.25) is 0 Å². The number of hydrogen-bond acceptors (Lipinski definition) is 10. The summed E-state index contributed by atoms with van der Waals surface area (Å²) >= 11 is 4.72. The molecule has 3 aliphatic carbocycles. The van der Waals surface area contributed by atoms with Crippen LogP contribution in [0.3, 0.4) is 0 Å². The molecule has 10 nitrogen and oxygen atoms in total. The second-order valence-electron chi connectivity index (χ2n) is 8.51. The number of carbonyl (C=O) groups is 3. The van der Waals surface area contributed by atoms with Gasteiger partial charge in [-0.25, -0.2) is 0 Å². The van der Waals surface area contributed by atoms with Crippen LogP contribution in [0, 0.1) is 11.8 Å². The molecule has 1 saturated carbocycles. The summed E-state index contributed by atoms with van der Waals surface area (Å²) in [4.78, 5) is 39.2. The number of Topliss-reactive ketones (excluding diaryl/α,β-unsaturated/α-hetero) is 2. The molecule has 0 radical (unpaired) electrons. The van der Waals surface area contributed by atoms with Gasteiger partial charge < -0.3 is 31.1 Å². The molecule has 1 fully saturated rings. The fraction of sp³-hybridized carbons (Fsp3) is 0.381. The van der Waals surface area contributed by atoms with Crippen molar-refractivity contribution in [2.45, 2.75) is 24.9 Å². The molecule has 0 spiro atoms. The lowest BCUT2D eigenvalue weighted by Gasteiger charge is -2.46. The van der Waals surface area contributed by atoms with Crippen molar-refractivity contribution in [1.82, 2.24) is 0 Å². The fourth-order valence-electron chi connectivity index (χ4n) is 5.12. The summed E-state index contributed by atoms with van der Waals surface area (Å²) in [7, 11) is 3.52. The summed E-state index contributed by atoms with van der Waals surface area (Å²) in [5.74, 6) is -6.75. The maximum atomic E-state index is 13.4. The molecule has 6 N–H and O–H groups in total. The highest BCUT2D eigenvalue weighted by Crippen LogP contribution is 2.54. The summed E-state index contributed by atoms with van der Waals surface area (Å²) in [6, 6.07) is 1.57. The Bertz CT molecular complexity index is 1190. The minimum Gasteiger partial charge on any atom is -0.508 e. The van der Waals surface area contributed by atoms with Gasteiger partial charge in [0.1, 0.15) is 22.8 Å². The van der Waals surface area contributed by atoms with Crippen LogP contribution < -0.4 is 10.6 Å². The third-order valence-corrected chi connectivity index (χ3v) is 6.80. The van der Waals surface area contributed by atoms with Crippen molar-refractivity contribution in [3.63, 3.8) is 0 Å². The molecular formula is C21H21N3O7S. The van der Waals surface area contributed by atoms with Gasteiger partial charge in [0.2, 0.25) is 5.78 Å². The van der Waals surface area contributed by atoms with E-state index in [9.17, 15) is 34.8 Å². The van der Waals surface area contributed by atoms with Gasteiger partial charge in [0, 0.05) is 50.1 Å². The van der Waals surface area contributed by atoms with Crippen molar-refractivity contribution in [2.24, 2.45) is 21.9 Å². The molecule has 0 aliphatic heterocycles. The van der Waals surface area contributed by atoms with E-state index in [1.165, 1.54) is 0 Å². The number of nitrogens with zero attached hydrogens (tertiary/aromatic N) is 2. The Kier molecular flexibility index (Phi) is 4.86. The quantitative estimate of drug-likeness (QED) is 0.411. The number of anilines is 1. The van der Waals surface area contributed by atoms with Crippen LogP contribution in [0.5, 0.6) is 5.75 Å². The monoisotopic (exact) mass is 459 g/mol. The average Bonchev–Trinajstić information content (AvgIpc) is 2.70. The molecule has 0 saturated heterocycles. The van der Waals surface area contributed by atoms with E-state index in [0.717, 1.165) is 0 Å². The van der Waals surface area contributed by atoms with E-state index in [2.05, 4.69) is 4.36 Å². The Morgan fingerprint density at radius 3 is 2.47 bits per heavy atom. The van der Waals surface area contributed by atoms with Crippen LogP contribution in [-0.2, 0) is 33.2 Å². The molecule has 1 amide bonds. The number of primary amides is 1. The van der Waals surface area contributed by atoms with Crippen molar-refractivity contribution in [3.05, 3.63) is 34.1 Å². The first-order valence-electron chi connectivity index (χ1n) is 9.81. The molecule has 0 unspecified atom stereocenters. The number of benzene rings is 1. The minimum atomic E-state index is -2.59. The van der Waals surface area contributed by atoms with Gasteiger partial charge >= 0.3 is 0 Å². The predicted octanol–water partition coefficient (Wildman–Crippen LogP) is 0.852. The topological polar surface area (TPSA) is 174 Å². The van der Waals surface area contributed by atoms with Crippen LogP contribution in [-0.4, -0.2) is 57.6 Å². The molecule has 0 bridgehead atoms. The Hall–Kier alpha value is -3.31. The van der Waals surface area contributed by atoms with E-state index in [1.54, 1.807) is 25.1 Å². The standard InChI is InChI=1S/C21H21N3O7S/c1-24(2)11-6-10(23-32)16(26)14-9(11)4-7-3-8-5-12(25)15(20(22)30)19(29)21(8,31)18(28)13(7)17(14)27/h6-8,26-27,29,31H,3-5H2,1-2H3,(H2,22,30)/t7-,8+,21+/m1/s1. The van der Waals surface area contributed by atoms with Gasteiger partial charge in [-0.1, -0.05) is 0 Å². The Morgan fingerprint density at radius 2 is 1.91 bits per heavy atom. The highest BCUT2D eigenvalue weighted by molar-refractivity contribution is 7.47. The van der Waals surface area contributed by atoms with Crippen molar-refractivity contribution < 1.29 is 34.8 Å². The van der Waals surface area contributed by atoms with Crippen molar-refractivity contribution >= 4 is 47.0 Å². The Labute approximate surface area is 187 Å². The molecule has 0 aromatic heterocycles. The van der Waals surface area contributed by atoms with Gasteiger partial charge in [-0.2, -0.15) is 4.36 Å². The minimum absolute atomic E-state index is 0.0231. The summed E-state index contributed by atoms with van der Waals surface area (Å²) < 4.78 is 3.61. The van der Waals surface area contributed by atoms with Gasteiger partial charge in [0.25, 0.3) is 5.91 Å². The molecule has 32 heavy (non-hydrogen) atoms. The molecule has 168 valence electrons. The normalized spacial score (nSPS) is 27.0. The highest BCUT2D eigenvalue weighted by atomic mass is 32.1. The number of rotatable bonds is 3. The lowest BCUT2D eigenvalue weighted by Crippen LogP contribution is -2.58. The van der Waals surface area contributed by atoms with E-state index in [-0.39, 0.29) is 36.1 Å². The number of phenolic OH excluding ortho intramolecular Hbond substituents is 1. The Balaban J connectivity index is 1.98. The largest absolute Gasteiger partial charge is 0.508 e. The second-order valence-corrected chi connectivity index (χ2v) is 8.69. The number of carbonyl (C=O) groups excluding carboxylic acids is 3. The zero-order chi connectivity index (χ0) is 23.7. The Morgan fingerprint density at radius 1 is 1.25 bits per heavy atom. The second kappa shape index (κ2) is 7.10. The van der Waals surface area contributed by atoms with E-state index < -0.39 is 57.8 Å². The summed E-state index contributed by atoms with van der Waals surface area (Å²) in [5.41, 5.74) is 2.72. The van der Waals surface area contributed by atoms with E-state index >= 15 is 0 Å². The number of nitrogens with two attached hydrogens (primary N) is 1. The average molecular weight is 459 g/mol. The third kappa shape index (κ3) is 2.71. The molecule has 4 rings (SSSR count). The number of aliphatic hydroxyl groups excluding tert-OH is 2. The van der Waals surface area contributed by atoms with Crippen molar-refractivity contribution in [3.8, 4) is 5.75 Å². The summed E-state index contributed by atoms with van der Waals surface area (Å²) in [6.07, 6.45) is -0.0710. The van der Waals surface area contributed by atoms with Gasteiger partial charge in [-0.15, -0.1) is 0 Å². The molecule has 3 atom stereocenters. The number of amides is 1. The number of hydrogen-bond donors (Lipinski definition) is 5. The first-order chi connectivity index (χ1) is 14.9. The predicted molar refractivity (Wildman–Crippen MR) is 115 cm³/mol. The number of aliphatic hydroxyl groups is 3. The first-order valence-corrected chi connectivity index (χ1v) is 10.2. The lowest BCUT2D eigenvalue weighted by atomic mass is 9.59. The molecule has 3 aliphatic rings. The summed E-state index contributed by atoms with van der Waals surface area (Å²) in [5, 5.41) is 43.5. The molecule has 11 heteroatoms. The SMILES string of the molecule is CN(C)c1cc(N=S)c(O)c2c1C[C@H]1C[C@H]3CC(=O)C(C(N)=O)=C(O)[C@@]3(O)C(=O)C1=C2O. The van der Waals surface area contributed by atoms with Crippen LogP contribution in [0.4, 0.5) is 11.4 Å². The number of aromatic hydroxyl groups is 1. The number of ketones is 2. The third-order valence-electron chi connectivity index (χ3n) is 6.60. The van der Waals surface area contributed by atoms with E-state index in [0.29, 0.717) is 11.3 Å². The zero-order valence-corrected chi connectivity index (χ0v) is 18.1. The van der Waals surface area contributed by atoms with Gasteiger partial charge in [-0.05, 0) is 30.4 Å². The van der Waals surface area contributed by atoms with Crippen molar-refractivity contribution in [2.75, 3.05) is 19.0 Å². The first kappa shape index (κ1) is 21.9. The van der Waals surface area contributed by atoms with Crippen LogP contribution >= 0.6 is 0 Å². The smallest absolute Gasteiger partial charge is 0.255 e. The van der Waals surface area contributed by atoms with Crippen LogP contribution in [0.25, 0.3) is 5.76 Å². The maximum Gasteiger partial charge on any atom is 0.255 e. The molecular weight excluding hydrogens is 438 g/mol. The fourth-order valence-corrected chi connectivity index (χ4v) is 5.26. The summed E-state index contributed by atoms with van der Waals surface area (Å²) in [6.45, 7) is 0. The molecule has 1 aromatic rings.